The number of hydrogen-bond donors (Lipinski definition) is 1. The number of nitrogens with one attached hydrogen (secondary N) is 1. The summed E-state index contributed by atoms with van der Waals surface area (Å²) in [6.45, 7) is 2.03. The van der Waals surface area contributed by atoms with E-state index in [1.165, 1.54) is 0 Å². The van der Waals surface area contributed by atoms with Gasteiger partial charge in [-0.2, -0.15) is 5.21 Å². The fourth-order valence-electron chi connectivity index (χ4n) is 1.24. The summed E-state index contributed by atoms with van der Waals surface area (Å²) < 4.78 is 0. The van der Waals surface area contributed by atoms with E-state index >= 15 is 0 Å². The third kappa shape index (κ3) is 1.31. The molecule has 5 nitrogen and oxygen atoms in total. The fraction of sp³-hybridized carbons (Fsp3) is 0.667. The van der Waals surface area contributed by atoms with E-state index in [0.29, 0.717) is 0 Å². The Morgan fingerprint density at radius 2 is 2.18 bits per heavy atom. The van der Waals surface area contributed by atoms with E-state index in [2.05, 4.69) is 31.9 Å². The summed E-state index contributed by atoms with van der Waals surface area (Å²) in [7, 11) is 0. The van der Waals surface area contributed by atoms with Gasteiger partial charge in [0.2, 0.25) is 0 Å². The van der Waals surface area contributed by atoms with Gasteiger partial charge in [-0.25, -0.2) is 0 Å². The van der Waals surface area contributed by atoms with Gasteiger partial charge in [-0.1, -0.05) is 5.10 Å². The van der Waals surface area contributed by atoms with Crippen LogP contribution < -0.4 is 4.90 Å². The second-order valence-electron chi connectivity index (χ2n) is 2.56. The first-order valence-electron chi connectivity index (χ1n) is 3.77. The molecule has 1 radical (unpaired) electrons. The summed E-state index contributed by atoms with van der Waals surface area (Å²) in [5, 5.41) is 13.8. The Labute approximate surface area is 64.8 Å². The van der Waals surface area contributed by atoms with Crippen LogP contribution in [0.2, 0.25) is 0 Å². The van der Waals surface area contributed by atoms with Crippen molar-refractivity contribution >= 4 is 5.95 Å². The first-order chi connectivity index (χ1) is 5.47. The van der Waals surface area contributed by atoms with Gasteiger partial charge in [0.15, 0.2) is 0 Å². The quantitative estimate of drug-likeness (QED) is 0.615. The van der Waals surface area contributed by atoms with Crippen LogP contribution in [0, 0.1) is 6.42 Å². The molecule has 0 aliphatic carbocycles. The number of anilines is 1. The number of aromatic nitrogens is 4. The number of piperidine rings is 1. The van der Waals surface area contributed by atoms with Crippen LogP contribution in [0.25, 0.3) is 0 Å². The maximum absolute atomic E-state index is 3.90. The largest absolute Gasteiger partial charge is 0.338 e. The smallest absolute Gasteiger partial charge is 0.265 e. The van der Waals surface area contributed by atoms with Crippen LogP contribution in [-0.4, -0.2) is 33.7 Å². The van der Waals surface area contributed by atoms with Crippen LogP contribution in [-0.2, 0) is 0 Å². The van der Waals surface area contributed by atoms with E-state index in [9.17, 15) is 0 Å². The topological polar surface area (TPSA) is 57.7 Å². The molecule has 0 aromatic carbocycles. The highest BCUT2D eigenvalue weighted by atomic mass is 15.5. The molecule has 2 heterocycles. The van der Waals surface area contributed by atoms with Gasteiger partial charge >= 0.3 is 0 Å². The van der Waals surface area contributed by atoms with Crippen molar-refractivity contribution in [2.24, 2.45) is 0 Å². The Morgan fingerprint density at radius 1 is 1.36 bits per heavy atom. The van der Waals surface area contributed by atoms with Crippen molar-refractivity contribution in [3.05, 3.63) is 6.42 Å². The van der Waals surface area contributed by atoms with E-state index in [4.69, 9.17) is 0 Å². The van der Waals surface area contributed by atoms with Crippen molar-refractivity contribution in [3.63, 3.8) is 0 Å². The van der Waals surface area contributed by atoms with Gasteiger partial charge in [-0.15, -0.1) is 5.10 Å². The zero-order valence-corrected chi connectivity index (χ0v) is 6.19. The molecule has 0 spiro atoms. The average molecular weight is 152 g/mol. The molecule has 5 heteroatoms. The normalized spacial score (nSPS) is 18.7. The minimum atomic E-state index is 0.720. The number of nitrogens with zero attached hydrogens (tertiary/aromatic N) is 4. The lowest BCUT2D eigenvalue weighted by Crippen LogP contribution is -2.30. The van der Waals surface area contributed by atoms with Crippen molar-refractivity contribution < 1.29 is 0 Å². The molecule has 0 bridgehead atoms. The molecule has 2 rings (SSSR count). The Balaban J connectivity index is 2.04. The van der Waals surface area contributed by atoms with E-state index in [0.717, 1.165) is 31.9 Å². The van der Waals surface area contributed by atoms with Gasteiger partial charge in [0.1, 0.15) is 0 Å². The van der Waals surface area contributed by atoms with Crippen LogP contribution in [0.5, 0.6) is 0 Å². The zero-order chi connectivity index (χ0) is 7.52. The number of rotatable bonds is 1. The zero-order valence-electron chi connectivity index (χ0n) is 6.19. The molecule has 59 valence electrons. The molecule has 1 saturated heterocycles. The molecule has 0 atom stereocenters. The van der Waals surface area contributed by atoms with Crippen molar-refractivity contribution in [2.75, 3.05) is 18.0 Å². The molecule has 1 fully saturated rings. The lowest BCUT2D eigenvalue weighted by atomic mass is 10.1. The molecular weight excluding hydrogens is 142 g/mol. The molecule has 1 aliphatic heterocycles. The summed E-state index contributed by atoms with van der Waals surface area (Å²) >= 11 is 0. The van der Waals surface area contributed by atoms with Gasteiger partial charge in [0, 0.05) is 13.1 Å². The average Bonchev–Trinajstić information content (AvgIpc) is 2.58. The Hall–Kier alpha value is -1.13. The molecule has 1 aliphatic rings. The molecule has 0 amide bonds. The van der Waals surface area contributed by atoms with Crippen LogP contribution in [0.3, 0.4) is 0 Å². The van der Waals surface area contributed by atoms with E-state index in [1.807, 2.05) is 0 Å². The predicted molar refractivity (Wildman–Crippen MR) is 39.9 cm³/mol. The standard InChI is InChI=1S/C6H10N5/c1-2-4-11(5-3-1)6-7-9-10-8-6/h1H,2-5H2,(H,7,8,9,10). The van der Waals surface area contributed by atoms with Gasteiger partial charge in [0.05, 0.1) is 0 Å². The van der Waals surface area contributed by atoms with Gasteiger partial charge in [-0.3, -0.25) is 0 Å². The Kier molecular flexibility index (Phi) is 1.71. The van der Waals surface area contributed by atoms with Crippen molar-refractivity contribution in [3.8, 4) is 0 Å². The highest BCUT2D eigenvalue weighted by molar-refractivity contribution is 5.26. The van der Waals surface area contributed by atoms with Crippen molar-refractivity contribution in [1.82, 2.24) is 20.6 Å². The van der Waals surface area contributed by atoms with Gasteiger partial charge < -0.3 is 4.90 Å². The molecular formula is C6H10N5. The van der Waals surface area contributed by atoms with Crippen LogP contribution in [0.4, 0.5) is 5.95 Å². The Bertz CT molecular complexity index is 201. The maximum atomic E-state index is 3.90. The maximum Gasteiger partial charge on any atom is 0.265 e. The summed E-state index contributed by atoms with van der Waals surface area (Å²) in [6, 6.07) is 0. The van der Waals surface area contributed by atoms with E-state index in [-0.39, 0.29) is 0 Å². The van der Waals surface area contributed by atoms with Crippen molar-refractivity contribution in [2.45, 2.75) is 12.8 Å². The molecule has 1 aromatic rings. The van der Waals surface area contributed by atoms with E-state index in [1.54, 1.807) is 0 Å². The van der Waals surface area contributed by atoms with Crippen LogP contribution in [0.15, 0.2) is 0 Å². The van der Waals surface area contributed by atoms with E-state index < -0.39 is 0 Å². The Morgan fingerprint density at radius 3 is 2.82 bits per heavy atom. The van der Waals surface area contributed by atoms with Gasteiger partial charge in [-0.05, 0) is 24.5 Å². The monoisotopic (exact) mass is 152 g/mol. The second-order valence-corrected chi connectivity index (χ2v) is 2.56. The van der Waals surface area contributed by atoms with Gasteiger partial charge in [0.25, 0.3) is 5.95 Å². The molecule has 1 N–H and O–H groups in total. The molecule has 0 unspecified atom stereocenters. The lowest BCUT2D eigenvalue weighted by molar-refractivity contribution is 0.662. The van der Waals surface area contributed by atoms with Crippen LogP contribution in [0.1, 0.15) is 12.8 Å². The summed E-state index contributed by atoms with van der Waals surface area (Å²) in [5.74, 6) is 0.720. The molecule has 11 heavy (non-hydrogen) atoms. The number of aromatic amines is 1. The first kappa shape index (κ1) is 6.57. The highest BCUT2D eigenvalue weighted by Gasteiger charge is 2.13. The lowest BCUT2D eigenvalue weighted by Gasteiger charge is -2.24. The third-order valence-electron chi connectivity index (χ3n) is 1.82. The number of hydrogen-bond acceptors (Lipinski definition) is 4. The summed E-state index contributed by atoms with van der Waals surface area (Å²) in [6.07, 6.45) is 4.53. The first-order valence-corrected chi connectivity index (χ1v) is 3.77. The highest BCUT2D eigenvalue weighted by Crippen LogP contribution is 2.12. The number of H-pyrrole nitrogens is 1. The van der Waals surface area contributed by atoms with Crippen molar-refractivity contribution in [1.29, 1.82) is 0 Å². The fourth-order valence-corrected chi connectivity index (χ4v) is 1.24. The third-order valence-corrected chi connectivity index (χ3v) is 1.82. The SMILES string of the molecule is [CH]1CCN(c2nn[nH]n2)CC1. The minimum Gasteiger partial charge on any atom is -0.338 e. The summed E-state index contributed by atoms with van der Waals surface area (Å²) in [5.41, 5.74) is 0. The molecule has 0 saturated carbocycles. The summed E-state index contributed by atoms with van der Waals surface area (Å²) in [4.78, 5) is 2.13. The second kappa shape index (κ2) is 2.86. The minimum absolute atomic E-state index is 0.720. The molecule has 1 aromatic heterocycles. The number of tetrazole rings is 1. The predicted octanol–water partition coefficient (Wildman–Crippen LogP) is 0.00419. The van der Waals surface area contributed by atoms with Crippen LogP contribution >= 0.6 is 0 Å².